The van der Waals surface area contributed by atoms with Crippen LogP contribution >= 0.6 is 0 Å². The number of aryl methyl sites for hydroxylation is 1. The van der Waals surface area contributed by atoms with Crippen LogP contribution in [0.4, 0.5) is 5.69 Å². The van der Waals surface area contributed by atoms with E-state index >= 15 is 0 Å². The van der Waals surface area contributed by atoms with Crippen molar-refractivity contribution >= 4 is 5.69 Å². The van der Waals surface area contributed by atoms with Crippen molar-refractivity contribution in [1.29, 1.82) is 0 Å². The predicted octanol–water partition coefficient (Wildman–Crippen LogP) is 1.91. The van der Waals surface area contributed by atoms with E-state index in [1.807, 2.05) is 0 Å². The molecule has 1 atom stereocenters. The molecular formula is C10H13NO3. The number of aliphatic hydroxyl groups is 1. The van der Waals surface area contributed by atoms with Gasteiger partial charge in [0.25, 0.3) is 5.69 Å². The molecule has 1 aromatic rings. The van der Waals surface area contributed by atoms with E-state index in [1.165, 1.54) is 6.07 Å². The van der Waals surface area contributed by atoms with Crippen LogP contribution in [0.3, 0.4) is 0 Å². The molecule has 1 N–H and O–H groups in total. The standard InChI is InChI=1S/C10H13NO3/c1-8(12)6-7-9-4-2-3-5-10(9)11(13)14/h2-5,8,12H,6-7H2,1H3. The predicted molar refractivity (Wildman–Crippen MR) is 53.1 cm³/mol. The highest BCUT2D eigenvalue weighted by molar-refractivity contribution is 5.39. The first kappa shape index (κ1) is 10.7. The molecule has 0 saturated heterocycles. The average molecular weight is 195 g/mol. The van der Waals surface area contributed by atoms with Crippen molar-refractivity contribution < 1.29 is 10.0 Å². The van der Waals surface area contributed by atoms with Gasteiger partial charge in [0.1, 0.15) is 0 Å². The molecular weight excluding hydrogens is 182 g/mol. The normalized spacial score (nSPS) is 12.4. The van der Waals surface area contributed by atoms with E-state index in [0.717, 1.165) is 0 Å². The monoisotopic (exact) mass is 195 g/mol. The quantitative estimate of drug-likeness (QED) is 0.589. The van der Waals surface area contributed by atoms with Gasteiger partial charge in [-0.1, -0.05) is 18.2 Å². The zero-order valence-electron chi connectivity index (χ0n) is 8.01. The summed E-state index contributed by atoms with van der Waals surface area (Å²) in [7, 11) is 0. The summed E-state index contributed by atoms with van der Waals surface area (Å²) in [5, 5.41) is 19.7. The summed E-state index contributed by atoms with van der Waals surface area (Å²) in [6.45, 7) is 1.68. The molecule has 76 valence electrons. The number of rotatable bonds is 4. The third-order valence-corrected chi connectivity index (χ3v) is 2.02. The minimum atomic E-state index is -0.421. The Balaban J connectivity index is 2.79. The van der Waals surface area contributed by atoms with Crippen LogP contribution in [0, 0.1) is 10.1 Å². The molecule has 0 aromatic heterocycles. The number of para-hydroxylation sites is 1. The third-order valence-electron chi connectivity index (χ3n) is 2.02. The summed E-state index contributed by atoms with van der Waals surface area (Å²) < 4.78 is 0. The summed E-state index contributed by atoms with van der Waals surface area (Å²) in [6, 6.07) is 6.62. The Hall–Kier alpha value is -1.42. The highest BCUT2D eigenvalue weighted by Gasteiger charge is 2.12. The van der Waals surface area contributed by atoms with Crippen molar-refractivity contribution in [3.05, 3.63) is 39.9 Å². The van der Waals surface area contributed by atoms with Crippen LogP contribution in [0.25, 0.3) is 0 Å². The van der Waals surface area contributed by atoms with Crippen molar-refractivity contribution in [3.8, 4) is 0 Å². The summed E-state index contributed by atoms with van der Waals surface area (Å²) in [4.78, 5) is 10.2. The van der Waals surface area contributed by atoms with Gasteiger partial charge in [0.15, 0.2) is 0 Å². The Morgan fingerprint density at radius 2 is 2.14 bits per heavy atom. The van der Waals surface area contributed by atoms with Gasteiger partial charge in [0, 0.05) is 11.6 Å². The summed E-state index contributed by atoms with van der Waals surface area (Å²) in [6.07, 6.45) is 0.662. The second kappa shape index (κ2) is 4.72. The lowest BCUT2D eigenvalue weighted by molar-refractivity contribution is -0.385. The Bertz CT molecular complexity index is 323. The van der Waals surface area contributed by atoms with Crippen molar-refractivity contribution in [3.63, 3.8) is 0 Å². The van der Waals surface area contributed by atoms with Gasteiger partial charge in [-0.3, -0.25) is 10.1 Å². The molecule has 14 heavy (non-hydrogen) atoms. The Morgan fingerprint density at radius 1 is 1.50 bits per heavy atom. The number of hydrogen-bond acceptors (Lipinski definition) is 3. The van der Waals surface area contributed by atoms with Gasteiger partial charge in [-0.25, -0.2) is 0 Å². The molecule has 0 radical (unpaired) electrons. The number of nitro benzene ring substituents is 1. The number of hydrogen-bond donors (Lipinski definition) is 1. The number of aliphatic hydroxyl groups excluding tert-OH is 1. The Labute approximate surface area is 82.3 Å². The summed E-state index contributed by atoms with van der Waals surface area (Å²) in [5.41, 5.74) is 0.812. The molecule has 4 nitrogen and oxygen atoms in total. The van der Waals surface area contributed by atoms with Crippen LogP contribution in [-0.4, -0.2) is 16.1 Å². The van der Waals surface area contributed by atoms with Gasteiger partial charge in [0.05, 0.1) is 11.0 Å². The zero-order valence-corrected chi connectivity index (χ0v) is 8.01. The van der Waals surface area contributed by atoms with Gasteiger partial charge in [-0.2, -0.15) is 0 Å². The highest BCUT2D eigenvalue weighted by atomic mass is 16.6. The number of nitro groups is 1. The molecule has 0 amide bonds. The molecule has 0 aliphatic heterocycles. The molecule has 0 heterocycles. The molecule has 0 saturated carbocycles. The molecule has 1 aromatic carbocycles. The second-order valence-electron chi connectivity index (χ2n) is 3.27. The molecule has 0 fully saturated rings. The topological polar surface area (TPSA) is 63.4 Å². The fraction of sp³-hybridized carbons (Fsp3) is 0.400. The maximum absolute atomic E-state index is 10.6. The lowest BCUT2D eigenvalue weighted by Crippen LogP contribution is -2.03. The highest BCUT2D eigenvalue weighted by Crippen LogP contribution is 2.19. The maximum Gasteiger partial charge on any atom is 0.272 e. The largest absolute Gasteiger partial charge is 0.393 e. The molecule has 0 bridgehead atoms. The van der Waals surface area contributed by atoms with Crippen molar-refractivity contribution in [2.24, 2.45) is 0 Å². The smallest absolute Gasteiger partial charge is 0.272 e. The number of benzene rings is 1. The molecule has 4 heteroatoms. The second-order valence-corrected chi connectivity index (χ2v) is 3.27. The molecule has 1 unspecified atom stereocenters. The summed E-state index contributed by atoms with van der Waals surface area (Å²) in [5.74, 6) is 0. The maximum atomic E-state index is 10.6. The van der Waals surface area contributed by atoms with Gasteiger partial charge in [-0.15, -0.1) is 0 Å². The van der Waals surface area contributed by atoms with Crippen LogP contribution in [0.15, 0.2) is 24.3 Å². The first-order valence-corrected chi connectivity index (χ1v) is 4.51. The van der Waals surface area contributed by atoms with Crippen molar-refractivity contribution in [1.82, 2.24) is 0 Å². The molecule has 1 rings (SSSR count). The first-order valence-electron chi connectivity index (χ1n) is 4.51. The van der Waals surface area contributed by atoms with Crippen molar-refractivity contribution in [2.45, 2.75) is 25.9 Å². The van der Waals surface area contributed by atoms with E-state index in [4.69, 9.17) is 5.11 Å². The van der Waals surface area contributed by atoms with Gasteiger partial charge in [0.2, 0.25) is 0 Å². The van der Waals surface area contributed by atoms with Crippen LogP contribution in [0.2, 0.25) is 0 Å². The van der Waals surface area contributed by atoms with Crippen molar-refractivity contribution in [2.75, 3.05) is 0 Å². The average Bonchev–Trinajstić information content (AvgIpc) is 2.15. The zero-order chi connectivity index (χ0) is 10.6. The van der Waals surface area contributed by atoms with Crippen LogP contribution in [-0.2, 0) is 6.42 Å². The fourth-order valence-electron chi connectivity index (χ4n) is 1.26. The van der Waals surface area contributed by atoms with Gasteiger partial charge in [-0.05, 0) is 19.8 Å². The molecule has 0 aliphatic carbocycles. The minimum absolute atomic E-state index is 0.133. The van der Waals surface area contributed by atoms with E-state index in [9.17, 15) is 10.1 Å². The Kier molecular flexibility index (Phi) is 3.59. The fourth-order valence-corrected chi connectivity index (χ4v) is 1.26. The minimum Gasteiger partial charge on any atom is -0.393 e. The van der Waals surface area contributed by atoms with E-state index in [-0.39, 0.29) is 5.69 Å². The SMILES string of the molecule is CC(O)CCc1ccccc1[N+](=O)[O-]. The van der Waals surface area contributed by atoms with E-state index in [2.05, 4.69) is 0 Å². The van der Waals surface area contributed by atoms with Crippen LogP contribution < -0.4 is 0 Å². The number of nitrogens with zero attached hydrogens (tertiary/aromatic N) is 1. The Morgan fingerprint density at radius 3 is 2.71 bits per heavy atom. The van der Waals surface area contributed by atoms with Gasteiger partial charge >= 0.3 is 0 Å². The lowest BCUT2D eigenvalue weighted by atomic mass is 10.1. The van der Waals surface area contributed by atoms with E-state index < -0.39 is 11.0 Å². The molecule has 0 spiro atoms. The van der Waals surface area contributed by atoms with Gasteiger partial charge < -0.3 is 5.11 Å². The van der Waals surface area contributed by atoms with Crippen LogP contribution in [0.1, 0.15) is 18.9 Å². The van der Waals surface area contributed by atoms with E-state index in [0.29, 0.717) is 18.4 Å². The van der Waals surface area contributed by atoms with E-state index in [1.54, 1.807) is 25.1 Å². The molecule has 0 aliphatic rings. The van der Waals surface area contributed by atoms with Crippen LogP contribution in [0.5, 0.6) is 0 Å². The first-order chi connectivity index (χ1) is 6.61. The summed E-state index contributed by atoms with van der Waals surface area (Å²) >= 11 is 0. The third kappa shape index (κ3) is 2.81. The lowest BCUT2D eigenvalue weighted by Gasteiger charge is -2.04.